The third kappa shape index (κ3) is 3.75. The van der Waals surface area contributed by atoms with E-state index in [9.17, 15) is 0 Å². The van der Waals surface area contributed by atoms with E-state index in [-0.39, 0.29) is 0 Å². The lowest BCUT2D eigenvalue weighted by Crippen LogP contribution is -2.41. The van der Waals surface area contributed by atoms with Gasteiger partial charge in [0.25, 0.3) is 0 Å². The van der Waals surface area contributed by atoms with Crippen LogP contribution in [0.2, 0.25) is 0 Å². The second-order valence-corrected chi connectivity index (χ2v) is 4.95. The monoisotopic (exact) mass is 249 g/mol. The Morgan fingerprint density at radius 3 is 2.94 bits per heavy atom. The normalized spacial score (nSPS) is 17.9. The van der Waals surface area contributed by atoms with E-state index in [0.29, 0.717) is 18.5 Å². The summed E-state index contributed by atoms with van der Waals surface area (Å²) in [6.45, 7) is 0.691. The molecule has 0 spiro atoms. The molecule has 0 aromatic carbocycles. The average molecular weight is 249 g/mol. The van der Waals surface area contributed by atoms with Gasteiger partial charge in [-0.15, -0.1) is 0 Å². The summed E-state index contributed by atoms with van der Waals surface area (Å²) >= 11 is 0. The highest BCUT2D eigenvalue weighted by atomic mass is 15.1. The minimum Gasteiger partial charge on any atom is -0.370 e. The Balaban J connectivity index is 1.73. The van der Waals surface area contributed by atoms with Crippen LogP contribution in [0.25, 0.3) is 0 Å². The van der Waals surface area contributed by atoms with Crippen molar-refractivity contribution in [1.82, 2.24) is 14.9 Å². The number of nitrogens with one attached hydrogen (secondary N) is 1. The molecule has 0 bridgehead atoms. The van der Waals surface area contributed by atoms with Gasteiger partial charge in [0.1, 0.15) is 5.82 Å². The van der Waals surface area contributed by atoms with Crippen LogP contribution in [-0.4, -0.2) is 28.1 Å². The van der Waals surface area contributed by atoms with Gasteiger partial charge >= 0.3 is 0 Å². The largest absolute Gasteiger partial charge is 0.370 e. The Morgan fingerprint density at radius 2 is 2.28 bits per heavy atom. The number of hydrogen-bond acceptors (Lipinski definition) is 2. The first-order valence-corrected chi connectivity index (χ1v) is 6.78. The molecule has 1 fully saturated rings. The van der Waals surface area contributed by atoms with E-state index in [2.05, 4.69) is 15.3 Å². The fourth-order valence-electron chi connectivity index (χ4n) is 2.42. The Hall–Kier alpha value is -1.52. The van der Waals surface area contributed by atoms with Gasteiger partial charge in [-0.25, -0.2) is 4.98 Å². The van der Waals surface area contributed by atoms with E-state index in [0.717, 1.165) is 12.2 Å². The van der Waals surface area contributed by atoms with Gasteiger partial charge in [0.15, 0.2) is 5.96 Å². The van der Waals surface area contributed by atoms with Crippen LogP contribution in [0.3, 0.4) is 0 Å². The van der Waals surface area contributed by atoms with Crippen LogP contribution in [-0.2, 0) is 13.5 Å². The topological polar surface area (TPSA) is 68.2 Å². The van der Waals surface area contributed by atoms with Crippen molar-refractivity contribution in [2.75, 3.05) is 6.54 Å². The maximum atomic E-state index is 5.89. The molecule has 0 atom stereocenters. The first-order chi connectivity index (χ1) is 8.75. The Labute approximate surface area is 108 Å². The lowest BCUT2D eigenvalue weighted by Gasteiger charge is -2.23. The SMILES string of the molecule is Cn1ccnc1CCN=C(N)NC1CCCCC1. The molecule has 3 N–H and O–H groups in total. The molecular weight excluding hydrogens is 226 g/mol. The summed E-state index contributed by atoms with van der Waals surface area (Å²) in [6, 6.07) is 0.524. The van der Waals surface area contributed by atoms with Gasteiger partial charge in [-0.05, 0) is 12.8 Å². The van der Waals surface area contributed by atoms with Gasteiger partial charge in [-0.2, -0.15) is 0 Å². The first-order valence-electron chi connectivity index (χ1n) is 6.78. The van der Waals surface area contributed by atoms with E-state index in [1.54, 1.807) is 0 Å². The fourth-order valence-corrected chi connectivity index (χ4v) is 2.42. The van der Waals surface area contributed by atoms with Crippen LogP contribution in [0.4, 0.5) is 0 Å². The molecule has 0 amide bonds. The maximum Gasteiger partial charge on any atom is 0.188 e. The van der Waals surface area contributed by atoms with Gasteiger partial charge in [0, 0.05) is 38.4 Å². The number of nitrogens with two attached hydrogens (primary N) is 1. The lowest BCUT2D eigenvalue weighted by molar-refractivity contribution is 0.412. The Kier molecular flexibility index (Phi) is 4.61. The van der Waals surface area contributed by atoms with E-state index in [1.165, 1.54) is 32.1 Å². The van der Waals surface area contributed by atoms with Crippen molar-refractivity contribution in [2.45, 2.75) is 44.6 Å². The van der Waals surface area contributed by atoms with Crippen molar-refractivity contribution < 1.29 is 0 Å². The number of aryl methyl sites for hydroxylation is 1. The molecule has 1 aliphatic carbocycles. The summed E-state index contributed by atoms with van der Waals surface area (Å²) in [5, 5.41) is 3.31. The van der Waals surface area contributed by atoms with E-state index in [1.807, 2.05) is 24.0 Å². The molecule has 2 rings (SSSR count). The van der Waals surface area contributed by atoms with Crippen LogP contribution in [0.15, 0.2) is 17.4 Å². The second-order valence-electron chi connectivity index (χ2n) is 4.95. The van der Waals surface area contributed by atoms with Gasteiger partial charge in [0.05, 0.1) is 0 Å². The molecule has 0 radical (unpaired) electrons. The molecule has 1 heterocycles. The van der Waals surface area contributed by atoms with Gasteiger partial charge in [0.2, 0.25) is 0 Å². The third-order valence-electron chi connectivity index (χ3n) is 3.50. The number of guanidine groups is 1. The molecule has 100 valence electrons. The minimum absolute atomic E-state index is 0.524. The number of nitrogens with zero attached hydrogens (tertiary/aromatic N) is 3. The van der Waals surface area contributed by atoms with Crippen LogP contribution >= 0.6 is 0 Å². The van der Waals surface area contributed by atoms with Crippen LogP contribution < -0.4 is 11.1 Å². The van der Waals surface area contributed by atoms with E-state index >= 15 is 0 Å². The second kappa shape index (κ2) is 6.42. The first kappa shape index (κ1) is 12.9. The molecule has 1 aromatic rings. The summed E-state index contributed by atoms with van der Waals surface area (Å²) in [5.74, 6) is 1.63. The number of rotatable bonds is 4. The van der Waals surface area contributed by atoms with Crippen LogP contribution in [0.1, 0.15) is 37.9 Å². The third-order valence-corrected chi connectivity index (χ3v) is 3.50. The van der Waals surface area contributed by atoms with Crippen molar-refractivity contribution in [3.63, 3.8) is 0 Å². The molecule has 1 saturated carbocycles. The Morgan fingerprint density at radius 1 is 1.50 bits per heavy atom. The maximum absolute atomic E-state index is 5.89. The fraction of sp³-hybridized carbons (Fsp3) is 0.692. The molecule has 0 aliphatic heterocycles. The summed E-state index contributed by atoms with van der Waals surface area (Å²) in [6.07, 6.45) is 11.0. The van der Waals surface area contributed by atoms with Gasteiger partial charge in [-0.1, -0.05) is 19.3 Å². The smallest absolute Gasteiger partial charge is 0.188 e. The predicted octanol–water partition coefficient (Wildman–Crippen LogP) is 1.20. The zero-order valence-corrected chi connectivity index (χ0v) is 11.1. The molecule has 0 saturated heterocycles. The quantitative estimate of drug-likeness (QED) is 0.622. The summed E-state index contributed by atoms with van der Waals surface area (Å²) < 4.78 is 2.01. The van der Waals surface area contributed by atoms with Gasteiger partial charge < -0.3 is 15.6 Å². The average Bonchev–Trinajstić information content (AvgIpc) is 2.76. The van der Waals surface area contributed by atoms with E-state index < -0.39 is 0 Å². The summed E-state index contributed by atoms with van der Waals surface area (Å²) in [7, 11) is 2.00. The molecular formula is C13H23N5. The van der Waals surface area contributed by atoms with Crippen molar-refractivity contribution in [3.8, 4) is 0 Å². The number of imidazole rings is 1. The van der Waals surface area contributed by atoms with Crippen molar-refractivity contribution in [2.24, 2.45) is 17.8 Å². The molecule has 1 aromatic heterocycles. The van der Waals surface area contributed by atoms with Crippen LogP contribution in [0, 0.1) is 0 Å². The van der Waals surface area contributed by atoms with Crippen molar-refractivity contribution in [3.05, 3.63) is 18.2 Å². The summed E-state index contributed by atoms with van der Waals surface area (Å²) in [4.78, 5) is 8.63. The summed E-state index contributed by atoms with van der Waals surface area (Å²) in [5.41, 5.74) is 5.89. The molecule has 1 aliphatic rings. The minimum atomic E-state index is 0.524. The highest BCUT2D eigenvalue weighted by Gasteiger charge is 2.13. The van der Waals surface area contributed by atoms with Gasteiger partial charge in [-0.3, -0.25) is 4.99 Å². The van der Waals surface area contributed by atoms with Crippen molar-refractivity contribution in [1.29, 1.82) is 0 Å². The lowest BCUT2D eigenvalue weighted by atomic mass is 9.96. The molecule has 5 nitrogen and oxygen atoms in total. The van der Waals surface area contributed by atoms with E-state index in [4.69, 9.17) is 5.73 Å². The number of hydrogen-bond donors (Lipinski definition) is 2. The highest BCUT2D eigenvalue weighted by molar-refractivity contribution is 5.78. The zero-order valence-electron chi connectivity index (χ0n) is 11.1. The highest BCUT2D eigenvalue weighted by Crippen LogP contribution is 2.16. The molecule has 18 heavy (non-hydrogen) atoms. The molecule has 5 heteroatoms. The number of aliphatic imine (C=N–C) groups is 1. The van der Waals surface area contributed by atoms with Crippen LogP contribution in [0.5, 0.6) is 0 Å². The Bertz CT molecular complexity index is 390. The van der Waals surface area contributed by atoms with Crippen molar-refractivity contribution >= 4 is 5.96 Å². The zero-order chi connectivity index (χ0) is 12.8. The molecule has 0 unspecified atom stereocenters. The standard InChI is InChI=1S/C13H23N5/c1-18-10-9-15-12(18)7-8-16-13(14)17-11-5-3-2-4-6-11/h9-11H,2-8H2,1H3,(H3,14,16,17). The predicted molar refractivity (Wildman–Crippen MR) is 73.4 cm³/mol. The number of aromatic nitrogens is 2.